The summed E-state index contributed by atoms with van der Waals surface area (Å²) in [5.41, 5.74) is 4.62. The van der Waals surface area contributed by atoms with Crippen LogP contribution in [0.4, 0.5) is 16.2 Å². The molecule has 0 unspecified atom stereocenters. The normalized spacial score (nSPS) is 10.1. The summed E-state index contributed by atoms with van der Waals surface area (Å²) in [4.78, 5) is 12.3. The summed E-state index contributed by atoms with van der Waals surface area (Å²) in [5.74, 6) is 1.20. The van der Waals surface area contributed by atoms with E-state index in [-0.39, 0.29) is 6.03 Å². The van der Waals surface area contributed by atoms with Crippen molar-refractivity contribution in [1.82, 2.24) is 0 Å². The third-order valence-corrected chi connectivity index (χ3v) is 3.57. The van der Waals surface area contributed by atoms with E-state index >= 15 is 0 Å². The lowest BCUT2D eigenvalue weighted by Crippen LogP contribution is -2.21. The van der Waals surface area contributed by atoms with E-state index in [4.69, 9.17) is 9.47 Å². The molecule has 0 saturated carbocycles. The Labute approximate surface area is 136 Å². The number of rotatable bonds is 4. The van der Waals surface area contributed by atoms with Crippen molar-refractivity contribution in [3.63, 3.8) is 0 Å². The third kappa shape index (κ3) is 3.94. The van der Waals surface area contributed by atoms with Crippen molar-refractivity contribution in [2.45, 2.75) is 20.8 Å². The largest absolute Gasteiger partial charge is 0.497 e. The number of anilines is 2. The van der Waals surface area contributed by atoms with Gasteiger partial charge in [-0.3, -0.25) is 0 Å². The van der Waals surface area contributed by atoms with Gasteiger partial charge in [-0.15, -0.1) is 0 Å². The van der Waals surface area contributed by atoms with Crippen LogP contribution in [0.25, 0.3) is 0 Å². The maximum Gasteiger partial charge on any atom is 0.323 e. The molecule has 2 amide bonds. The zero-order valence-electron chi connectivity index (χ0n) is 14.1. The van der Waals surface area contributed by atoms with Crippen LogP contribution in [0.1, 0.15) is 16.7 Å². The highest BCUT2D eigenvalue weighted by molar-refractivity contribution is 6.01. The van der Waals surface area contributed by atoms with Gasteiger partial charge in [0.2, 0.25) is 0 Å². The lowest BCUT2D eigenvalue weighted by molar-refractivity contribution is 0.262. The van der Waals surface area contributed by atoms with Crippen molar-refractivity contribution in [3.05, 3.63) is 47.0 Å². The molecule has 0 spiro atoms. The molecule has 0 atom stereocenters. The maximum atomic E-state index is 12.3. The van der Waals surface area contributed by atoms with Gasteiger partial charge < -0.3 is 20.1 Å². The van der Waals surface area contributed by atoms with Gasteiger partial charge in [-0.25, -0.2) is 4.79 Å². The molecule has 0 fully saturated rings. The first-order chi connectivity index (χ1) is 10.9. The minimum absolute atomic E-state index is 0.316. The van der Waals surface area contributed by atoms with Gasteiger partial charge in [-0.05, 0) is 44.0 Å². The first kappa shape index (κ1) is 16.7. The zero-order valence-corrected chi connectivity index (χ0v) is 14.1. The lowest BCUT2D eigenvalue weighted by Gasteiger charge is -2.15. The molecule has 0 radical (unpaired) electrons. The topological polar surface area (TPSA) is 59.6 Å². The Morgan fingerprint density at radius 3 is 2.13 bits per heavy atom. The van der Waals surface area contributed by atoms with Gasteiger partial charge in [0.25, 0.3) is 0 Å². The summed E-state index contributed by atoms with van der Waals surface area (Å²) in [6.45, 7) is 5.99. The second kappa shape index (κ2) is 7.05. The summed E-state index contributed by atoms with van der Waals surface area (Å²) in [5, 5.41) is 5.70. The van der Waals surface area contributed by atoms with Crippen molar-refractivity contribution < 1.29 is 14.3 Å². The molecule has 5 nitrogen and oxygen atoms in total. The number of aryl methyl sites for hydroxylation is 3. The van der Waals surface area contributed by atoms with Crippen LogP contribution < -0.4 is 20.1 Å². The number of hydrogen-bond donors (Lipinski definition) is 2. The van der Waals surface area contributed by atoms with Gasteiger partial charge in [-0.2, -0.15) is 0 Å². The summed E-state index contributed by atoms with van der Waals surface area (Å²) in [7, 11) is 3.13. The second-order valence-electron chi connectivity index (χ2n) is 5.42. The summed E-state index contributed by atoms with van der Waals surface area (Å²) in [6.07, 6.45) is 0. The van der Waals surface area contributed by atoms with Gasteiger partial charge in [0.1, 0.15) is 11.5 Å². The van der Waals surface area contributed by atoms with E-state index in [9.17, 15) is 4.79 Å². The van der Waals surface area contributed by atoms with Gasteiger partial charge in [0.05, 0.1) is 19.9 Å². The quantitative estimate of drug-likeness (QED) is 0.886. The van der Waals surface area contributed by atoms with Crippen LogP contribution in [0, 0.1) is 20.8 Å². The van der Waals surface area contributed by atoms with Crippen LogP contribution in [-0.2, 0) is 0 Å². The second-order valence-corrected chi connectivity index (χ2v) is 5.42. The average Bonchev–Trinajstić information content (AvgIpc) is 2.51. The Kier molecular flexibility index (Phi) is 5.11. The smallest absolute Gasteiger partial charge is 0.323 e. The fourth-order valence-electron chi connectivity index (χ4n) is 2.55. The van der Waals surface area contributed by atoms with Crippen LogP contribution in [0.5, 0.6) is 11.5 Å². The van der Waals surface area contributed by atoms with Gasteiger partial charge >= 0.3 is 6.03 Å². The van der Waals surface area contributed by atoms with E-state index in [1.807, 2.05) is 32.9 Å². The van der Waals surface area contributed by atoms with Gasteiger partial charge in [0.15, 0.2) is 0 Å². The molecule has 0 saturated heterocycles. The fourth-order valence-corrected chi connectivity index (χ4v) is 2.55. The molecule has 23 heavy (non-hydrogen) atoms. The Bertz CT molecular complexity index is 703. The minimum atomic E-state index is -0.316. The molecule has 0 aliphatic rings. The number of amides is 2. The molecular formula is C18H22N2O3. The van der Waals surface area contributed by atoms with Crippen molar-refractivity contribution in [2.75, 3.05) is 24.9 Å². The molecular weight excluding hydrogens is 292 g/mol. The lowest BCUT2D eigenvalue weighted by atomic mass is 10.1. The molecule has 2 aromatic carbocycles. The number of ether oxygens (including phenoxy) is 2. The number of urea groups is 1. The number of methoxy groups -OCH3 is 2. The Morgan fingerprint density at radius 2 is 1.57 bits per heavy atom. The van der Waals surface area contributed by atoms with Crippen LogP contribution in [0.2, 0.25) is 0 Å². The first-order valence-electron chi connectivity index (χ1n) is 7.32. The van der Waals surface area contributed by atoms with Crippen molar-refractivity contribution in [1.29, 1.82) is 0 Å². The van der Waals surface area contributed by atoms with Crippen LogP contribution in [0.3, 0.4) is 0 Å². The van der Waals surface area contributed by atoms with Crippen LogP contribution in [-0.4, -0.2) is 20.3 Å². The van der Waals surface area contributed by atoms with Crippen molar-refractivity contribution in [3.8, 4) is 11.5 Å². The van der Waals surface area contributed by atoms with E-state index in [0.29, 0.717) is 17.2 Å². The number of nitrogens with one attached hydrogen (secondary N) is 2. The molecule has 5 heteroatoms. The van der Waals surface area contributed by atoms with E-state index in [1.54, 1.807) is 32.4 Å². The maximum absolute atomic E-state index is 12.3. The Hall–Kier alpha value is -2.69. The first-order valence-corrected chi connectivity index (χ1v) is 7.32. The SMILES string of the molecule is COc1ccc(NC(=O)Nc2c(C)cc(C)cc2C)c(OC)c1. The Morgan fingerprint density at radius 1 is 0.913 bits per heavy atom. The monoisotopic (exact) mass is 314 g/mol. The third-order valence-electron chi connectivity index (χ3n) is 3.57. The predicted molar refractivity (Wildman–Crippen MR) is 92.8 cm³/mol. The molecule has 2 aromatic rings. The van der Waals surface area contributed by atoms with Gasteiger partial charge in [0, 0.05) is 11.8 Å². The summed E-state index contributed by atoms with van der Waals surface area (Å²) in [6, 6.07) is 8.99. The van der Waals surface area contributed by atoms with Crippen molar-refractivity contribution in [2.24, 2.45) is 0 Å². The molecule has 2 rings (SSSR count). The predicted octanol–water partition coefficient (Wildman–Crippen LogP) is 4.27. The molecule has 0 bridgehead atoms. The molecule has 122 valence electrons. The number of benzene rings is 2. The fraction of sp³-hybridized carbons (Fsp3) is 0.278. The van der Waals surface area contributed by atoms with E-state index in [2.05, 4.69) is 10.6 Å². The van der Waals surface area contributed by atoms with Gasteiger partial charge in [-0.1, -0.05) is 17.7 Å². The van der Waals surface area contributed by atoms with Crippen molar-refractivity contribution >= 4 is 17.4 Å². The highest BCUT2D eigenvalue weighted by Crippen LogP contribution is 2.29. The highest BCUT2D eigenvalue weighted by atomic mass is 16.5. The number of carbonyl (C=O) groups is 1. The standard InChI is InChI=1S/C18H22N2O3/c1-11-8-12(2)17(13(3)9-11)20-18(21)19-15-7-6-14(22-4)10-16(15)23-5/h6-10H,1-5H3,(H2,19,20,21). The summed E-state index contributed by atoms with van der Waals surface area (Å²) < 4.78 is 10.4. The number of hydrogen-bond acceptors (Lipinski definition) is 3. The van der Waals surface area contributed by atoms with E-state index in [1.165, 1.54) is 5.56 Å². The molecule has 0 aliphatic carbocycles. The summed E-state index contributed by atoms with van der Waals surface area (Å²) >= 11 is 0. The molecule has 0 aliphatic heterocycles. The van der Waals surface area contributed by atoms with Crippen LogP contribution in [0.15, 0.2) is 30.3 Å². The molecule has 0 aromatic heterocycles. The zero-order chi connectivity index (χ0) is 17.0. The van der Waals surface area contributed by atoms with E-state index in [0.717, 1.165) is 16.8 Å². The van der Waals surface area contributed by atoms with E-state index < -0.39 is 0 Å². The number of carbonyl (C=O) groups excluding carboxylic acids is 1. The molecule has 0 heterocycles. The van der Waals surface area contributed by atoms with Crippen LogP contribution >= 0.6 is 0 Å². The minimum Gasteiger partial charge on any atom is -0.497 e. The molecule has 2 N–H and O–H groups in total. The highest BCUT2D eigenvalue weighted by Gasteiger charge is 2.11. The average molecular weight is 314 g/mol. The Balaban J connectivity index is 2.17.